The van der Waals surface area contributed by atoms with Crippen LogP contribution < -0.4 is 10.5 Å². The largest absolute Gasteiger partial charge is 0.453 e. The van der Waals surface area contributed by atoms with Gasteiger partial charge < -0.3 is 15.5 Å². The molecule has 4 nitrogen and oxygen atoms in total. The maximum atomic E-state index is 13.6. The lowest BCUT2D eigenvalue weighted by Crippen LogP contribution is -1.96. The zero-order valence-corrected chi connectivity index (χ0v) is 9.65. The number of nitrogens with two attached hydrogens (primary N) is 1. The number of aromatic amines is 1. The highest BCUT2D eigenvalue weighted by molar-refractivity contribution is 5.82. The van der Waals surface area contributed by atoms with Gasteiger partial charge in [-0.1, -0.05) is 0 Å². The lowest BCUT2D eigenvalue weighted by atomic mass is 10.2. The van der Waals surface area contributed by atoms with Crippen molar-refractivity contribution < 1.29 is 13.5 Å². The molecule has 19 heavy (non-hydrogen) atoms. The van der Waals surface area contributed by atoms with E-state index in [4.69, 9.17) is 10.5 Å². The number of anilines is 1. The van der Waals surface area contributed by atoms with Crippen LogP contribution in [0.1, 0.15) is 0 Å². The maximum Gasteiger partial charge on any atom is 0.167 e. The van der Waals surface area contributed by atoms with Gasteiger partial charge in [0.1, 0.15) is 17.2 Å². The number of hydrogen-bond donors (Lipinski definition) is 2. The van der Waals surface area contributed by atoms with Gasteiger partial charge in [-0.05, 0) is 12.1 Å². The SMILES string of the molecule is Nc1cc(F)c(Oc2ccnc3[nH]ccc23)cc1F. The fraction of sp³-hybridized carbons (Fsp3) is 0. The Morgan fingerprint density at radius 2 is 1.95 bits per heavy atom. The van der Waals surface area contributed by atoms with E-state index in [1.807, 2.05) is 0 Å². The first-order valence-corrected chi connectivity index (χ1v) is 5.49. The standard InChI is InChI=1S/C13H9F2N3O/c14-8-6-12(9(15)5-10(8)16)19-11-2-4-18-13-7(11)1-3-17-13/h1-6H,16H2,(H,17,18). The molecule has 0 aliphatic rings. The molecule has 0 atom stereocenters. The minimum atomic E-state index is -0.726. The molecule has 1 aromatic carbocycles. The molecule has 2 aromatic heterocycles. The van der Waals surface area contributed by atoms with Gasteiger partial charge in [-0.3, -0.25) is 0 Å². The molecule has 3 N–H and O–H groups in total. The van der Waals surface area contributed by atoms with Crippen LogP contribution in [0.5, 0.6) is 11.5 Å². The zero-order chi connectivity index (χ0) is 13.4. The molecule has 0 spiro atoms. The van der Waals surface area contributed by atoms with Crippen LogP contribution in [0.3, 0.4) is 0 Å². The molecule has 0 radical (unpaired) electrons. The number of nitrogens with one attached hydrogen (secondary N) is 1. The number of fused-ring (bicyclic) bond motifs is 1. The van der Waals surface area contributed by atoms with Gasteiger partial charge in [-0.15, -0.1) is 0 Å². The van der Waals surface area contributed by atoms with E-state index in [-0.39, 0.29) is 11.4 Å². The lowest BCUT2D eigenvalue weighted by molar-refractivity contribution is 0.441. The molecular weight excluding hydrogens is 252 g/mol. The van der Waals surface area contributed by atoms with E-state index in [2.05, 4.69) is 9.97 Å². The maximum absolute atomic E-state index is 13.6. The van der Waals surface area contributed by atoms with Gasteiger partial charge in [-0.2, -0.15) is 0 Å². The normalized spacial score (nSPS) is 10.8. The molecule has 0 fully saturated rings. The number of benzene rings is 1. The highest BCUT2D eigenvalue weighted by Crippen LogP contribution is 2.31. The van der Waals surface area contributed by atoms with Crippen molar-refractivity contribution >= 4 is 16.7 Å². The lowest BCUT2D eigenvalue weighted by Gasteiger charge is -2.08. The van der Waals surface area contributed by atoms with E-state index < -0.39 is 11.6 Å². The number of aromatic nitrogens is 2. The summed E-state index contributed by atoms with van der Waals surface area (Å²) in [5.74, 6) is -1.29. The molecule has 2 heterocycles. The number of rotatable bonds is 2. The Morgan fingerprint density at radius 3 is 2.79 bits per heavy atom. The number of ether oxygens (including phenoxy) is 1. The van der Waals surface area contributed by atoms with Crippen LogP contribution in [-0.2, 0) is 0 Å². The van der Waals surface area contributed by atoms with Crippen LogP contribution in [0.2, 0.25) is 0 Å². The number of halogens is 2. The Kier molecular flexibility index (Phi) is 2.56. The first-order valence-electron chi connectivity index (χ1n) is 5.49. The fourth-order valence-corrected chi connectivity index (χ4v) is 1.77. The molecule has 0 saturated carbocycles. The second-order valence-electron chi connectivity index (χ2n) is 3.96. The highest BCUT2D eigenvalue weighted by atomic mass is 19.1. The van der Waals surface area contributed by atoms with Crippen molar-refractivity contribution in [2.45, 2.75) is 0 Å². The third-order valence-corrected chi connectivity index (χ3v) is 2.69. The quantitative estimate of drug-likeness (QED) is 0.696. The van der Waals surface area contributed by atoms with Crippen LogP contribution in [0.25, 0.3) is 11.0 Å². The summed E-state index contributed by atoms with van der Waals surface area (Å²) in [6.45, 7) is 0. The summed E-state index contributed by atoms with van der Waals surface area (Å²) in [4.78, 5) is 6.98. The second-order valence-corrected chi connectivity index (χ2v) is 3.96. The van der Waals surface area contributed by atoms with E-state index in [9.17, 15) is 8.78 Å². The molecule has 0 bridgehead atoms. The molecule has 3 rings (SSSR count). The van der Waals surface area contributed by atoms with E-state index in [1.165, 1.54) is 6.20 Å². The third-order valence-electron chi connectivity index (χ3n) is 2.69. The molecule has 6 heteroatoms. The summed E-state index contributed by atoms with van der Waals surface area (Å²) >= 11 is 0. The summed E-state index contributed by atoms with van der Waals surface area (Å²) in [6, 6.07) is 5.12. The summed E-state index contributed by atoms with van der Waals surface area (Å²) < 4.78 is 32.4. The molecule has 0 saturated heterocycles. The predicted octanol–water partition coefficient (Wildman–Crippen LogP) is 3.22. The smallest absolute Gasteiger partial charge is 0.167 e. The molecule has 0 amide bonds. The zero-order valence-electron chi connectivity index (χ0n) is 9.65. The van der Waals surface area contributed by atoms with Gasteiger partial charge in [0.25, 0.3) is 0 Å². The van der Waals surface area contributed by atoms with Gasteiger partial charge in [0.05, 0.1) is 11.1 Å². The molecule has 96 valence electrons. The van der Waals surface area contributed by atoms with Crippen molar-refractivity contribution in [3.8, 4) is 11.5 Å². The van der Waals surface area contributed by atoms with Crippen LogP contribution in [0.15, 0.2) is 36.7 Å². The summed E-state index contributed by atoms with van der Waals surface area (Å²) in [5, 5.41) is 0.680. The van der Waals surface area contributed by atoms with Crippen LogP contribution in [0, 0.1) is 11.6 Å². The minimum absolute atomic E-state index is 0.222. The number of hydrogen-bond acceptors (Lipinski definition) is 3. The molecule has 0 unspecified atom stereocenters. The molecule has 3 aromatic rings. The van der Waals surface area contributed by atoms with Crippen molar-refractivity contribution in [3.63, 3.8) is 0 Å². The van der Waals surface area contributed by atoms with Crippen molar-refractivity contribution in [2.24, 2.45) is 0 Å². The first kappa shape index (κ1) is 11.5. The monoisotopic (exact) mass is 261 g/mol. The van der Waals surface area contributed by atoms with E-state index >= 15 is 0 Å². The Bertz CT molecular complexity index is 755. The molecule has 0 aliphatic heterocycles. The average molecular weight is 261 g/mol. The Labute approximate surface area is 106 Å². The van der Waals surface area contributed by atoms with Crippen molar-refractivity contribution in [2.75, 3.05) is 5.73 Å². The molecular formula is C13H9F2N3O. The Balaban J connectivity index is 2.06. The van der Waals surface area contributed by atoms with E-state index in [0.717, 1.165) is 12.1 Å². The first-order chi connectivity index (χ1) is 9.15. The third kappa shape index (κ3) is 1.97. The summed E-state index contributed by atoms with van der Waals surface area (Å²) in [6.07, 6.45) is 3.20. The van der Waals surface area contributed by atoms with Gasteiger partial charge in [-0.25, -0.2) is 13.8 Å². The van der Waals surface area contributed by atoms with Crippen molar-refractivity contribution in [1.82, 2.24) is 9.97 Å². The summed E-state index contributed by atoms with van der Waals surface area (Å²) in [5.41, 5.74) is 5.62. The highest BCUT2D eigenvalue weighted by Gasteiger charge is 2.12. The van der Waals surface area contributed by atoms with E-state index in [1.54, 1.807) is 18.3 Å². The van der Waals surface area contributed by atoms with Gasteiger partial charge in [0.15, 0.2) is 11.6 Å². The van der Waals surface area contributed by atoms with Gasteiger partial charge in [0, 0.05) is 24.5 Å². The van der Waals surface area contributed by atoms with Gasteiger partial charge in [0.2, 0.25) is 0 Å². The van der Waals surface area contributed by atoms with Crippen molar-refractivity contribution in [1.29, 1.82) is 0 Å². The Morgan fingerprint density at radius 1 is 1.11 bits per heavy atom. The number of nitrogen functional groups attached to an aromatic ring is 1. The van der Waals surface area contributed by atoms with E-state index in [0.29, 0.717) is 16.8 Å². The average Bonchev–Trinajstić information content (AvgIpc) is 2.85. The summed E-state index contributed by atoms with van der Waals surface area (Å²) in [7, 11) is 0. The Hall–Kier alpha value is -2.63. The fourth-order valence-electron chi connectivity index (χ4n) is 1.77. The number of pyridine rings is 1. The number of nitrogens with zero attached hydrogens (tertiary/aromatic N) is 1. The predicted molar refractivity (Wildman–Crippen MR) is 66.9 cm³/mol. The second kappa shape index (κ2) is 4.24. The topological polar surface area (TPSA) is 63.9 Å². The van der Waals surface area contributed by atoms with Crippen LogP contribution >= 0.6 is 0 Å². The van der Waals surface area contributed by atoms with Crippen LogP contribution in [-0.4, -0.2) is 9.97 Å². The molecule has 0 aliphatic carbocycles. The van der Waals surface area contributed by atoms with Crippen molar-refractivity contribution in [3.05, 3.63) is 48.3 Å². The van der Waals surface area contributed by atoms with Gasteiger partial charge >= 0.3 is 0 Å². The van der Waals surface area contributed by atoms with Crippen LogP contribution in [0.4, 0.5) is 14.5 Å². The minimum Gasteiger partial charge on any atom is -0.453 e. The number of H-pyrrole nitrogens is 1.